The van der Waals surface area contributed by atoms with Crippen molar-refractivity contribution in [1.82, 2.24) is 5.32 Å². The first-order valence-electron chi connectivity index (χ1n) is 8.44. The predicted molar refractivity (Wildman–Crippen MR) is 75.7 cm³/mol. The average Bonchev–Trinajstić information content (AvgIpc) is 3.02. The molecule has 2 heterocycles. The Morgan fingerprint density at radius 3 is 2.90 bits per heavy atom. The van der Waals surface area contributed by atoms with Crippen molar-refractivity contribution in [3.63, 3.8) is 0 Å². The maximum absolute atomic E-state index is 5.96. The molecule has 4 aliphatic rings. The maximum Gasteiger partial charge on any atom is 0.0830 e. The highest BCUT2D eigenvalue weighted by Gasteiger charge is 2.66. The topological polar surface area (TPSA) is 39.7 Å². The summed E-state index contributed by atoms with van der Waals surface area (Å²) in [7, 11) is 0. The molecule has 2 unspecified atom stereocenters. The summed E-state index contributed by atoms with van der Waals surface area (Å²) >= 11 is 0. The molecule has 4 atom stereocenters. The van der Waals surface area contributed by atoms with E-state index in [1.54, 1.807) is 0 Å². The summed E-state index contributed by atoms with van der Waals surface area (Å²) in [6.07, 6.45) is 8.53. The Balaban J connectivity index is 1.18. The molecular weight excluding hydrogens is 254 g/mol. The number of hydrogen-bond acceptors (Lipinski definition) is 4. The van der Waals surface area contributed by atoms with Crippen LogP contribution in [-0.2, 0) is 14.2 Å². The second-order valence-electron chi connectivity index (χ2n) is 6.97. The highest BCUT2D eigenvalue weighted by molar-refractivity contribution is 5.18. The van der Waals surface area contributed by atoms with Gasteiger partial charge in [0.1, 0.15) is 0 Å². The van der Waals surface area contributed by atoms with Gasteiger partial charge in [0.05, 0.1) is 18.8 Å². The Morgan fingerprint density at radius 1 is 1.20 bits per heavy atom. The van der Waals surface area contributed by atoms with Gasteiger partial charge in [-0.25, -0.2) is 0 Å². The highest BCUT2D eigenvalue weighted by Crippen LogP contribution is 2.62. The van der Waals surface area contributed by atoms with Crippen molar-refractivity contribution in [3.05, 3.63) is 0 Å². The number of nitrogens with one attached hydrogen (secondary N) is 1. The number of fused-ring (bicyclic) bond motifs is 2. The zero-order valence-electron chi connectivity index (χ0n) is 12.3. The molecule has 2 saturated heterocycles. The van der Waals surface area contributed by atoms with Gasteiger partial charge in [-0.3, -0.25) is 0 Å². The summed E-state index contributed by atoms with van der Waals surface area (Å²) in [5.74, 6) is 0.791. The second-order valence-corrected chi connectivity index (χ2v) is 6.97. The smallest absolute Gasteiger partial charge is 0.0830 e. The molecule has 2 saturated carbocycles. The molecule has 2 aliphatic carbocycles. The third-order valence-corrected chi connectivity index (χ3v) is 5.96. The first-order chi connectivity index (χ1) is 9.90. The van der Waals surface area contributed by atoms with E-state index in [2.05, 4.69) is 5.32 Å². The molecule has 0 radical (unpaired) electrons. The third-order valence-electron chi connectivity index (χ3n) is 5.96. The Bertz CT molecular complexity index is 339. The first-order valence-corrected chi connectivity index (χ1v) is 8.44. The van der Waals surface area contributed by atoms with Gasteiger partial charge >= 0.3 is 0 Å². The Labute approximate surface area is 121 Å². The van der Waals surface area contributed by atoms with E-state index >= 15 is 0 Å². The zero-order valence-corrected chi connectivity index (χ0v) is 12.3. The molecular formula is C16H27NO3. The molecule has 2 aliphatic heterocycles. The molecule has 1 spiro atoms. The normalized spacial score (nSPS) is 41.4. The largest absolute Gasteiger partial charge is 0.379 e. The van der Waals surface area contributed by atoms with Crippen LogP contribution in [0.4, 0.5) is 0 Å². The van der Waals surface area contributed by atoms with E-state index in [0.717, 1.165) is 57.8 Å². The molecule has 4 rings (SSSR count). The third kappa shape index (κ3) is 2.12. The van der Waals surface area contributed by atoms with Crippen molar-refractivity contribution >= 4 is 0 Å². The fourth-order valence-electron chi connectivity index (χ4n) is 4.78. The Morgan fingerprint density at radius 2 is 2.15 bits per heavy atom. The maximum atomic E-state index is 5.96. The summed E-state index contributed by atoms with van der Waals surface area (Å²) in [6.45, 7) is 4.60. The van der Waals surface area contributed by atoms with E-state index in [4.69, 9.17) is 14.2 Å². The van der Waals surface area contributed by atoms with Crippen molar-refractivity contribution < 1.29 is 14.2 Å². The molecule has 4 fully saturated rings. The zero-order chi connectivity index (χ0) is 13.4. The first kappa shape index (κ1) is 13.5. The van der Waals surface area contributed by atoms with Crippen molar-refractivity contribution in [1.29, 1.82) is 0 Å². The highest BCUT2D eigenvalue weighted by atomic mass is 16.5. The minimum Gasteiger partial charge on any atom is -0.379 e. The average molecular weight is 281 g/mol. The van der Waals surface area contributed by atoms with Gasteiger partial charge < -0.3 is 19.5 Å². The van der Waals surface area contributed by atoms with Crippen LogP contribution in [0.1, 0.15) is 38.5 Å². The van der Waals surface area contributed by atoms with E-state index in [1.165, 1.54) is 25.7 Å². The lowest BCUT2D eigenvalue weighted by molar-refractivity contribution is -0.176. The van der Waals surface area contributed by atoms with Gasteiger partial charge in [0.25, 0.3) is 0 Å². The summed E-state index contributed by atoms with van der Waals surface area (Å²) in [5, 5.41) is 3.82. The standard InChI is InChI=1S/C16H27NO3/c1-5-16(6-1)14(13-4-10-20-15(13)16)17-7-2-8-19-12-3-9-18-11-12/h12-15,17H,1-11H2/t12?,13-,14?,15-/m1/s1. The summed E-state index contributed by atoms with van der Waals surface area (Å²) < 4.78 is 17.1. The van der Waals surface area contributed by atoms with Gasteiger partial charge in [-0.2, -0.15) is 0 Å². The molecule has 0 aromatic heterocycles. The number of hydrogen-bond donors (Lipinski definition) is 1. The number of ether oxygens (including phenoxy) is 3. The molecule has 4 nitrogen and oxygen atoms in total. The Kier molecular flexibility index (Phi) is 3.75. The van der Waals surface area contributed by atoms with E-state index in [0.29, 0.717) is 17.6 Å². The van der Waals surface area contributed by atoms with Crippen molar-refractivity contribution in [3.8, 4) is 0 Å². The van der Waals surface area contributed by atoms with Crippen LogP contribution in [0.2, 0.25) is 0 Å². The van der Waals surface area contributed by atoms with Crippen LogP contribution in [0, 0.1) is 11.3 Å². The van der Waals surface area contributed by atoms with Crippen molar-refractivity contribution in [2.75, 3.05) is 33.0 Å². The van der Waals surface area contributed by atoms with Crippen LogP contribution in [0.3, 0.4) is 0 Å². The Hall–Kier alpha value is -0.160. The fraction of sp³-hybridized carbons (Fsp3) is 1.00. The summed E-state index contributed by atoms with van der Waals surface area (Å²) in [4.78, 5) is 0. The molecule has 20 heavy (non-hydrogen) atoms. The molecule has 0 aromatic rings. The fourth-order valence-corrected chi connectivity index (χ4v) is 4.78. The molecule has 0 bridgehead atoms. The van der Waals surface area contributed by atoms with Crippen LogP contribution < -0.4 is 5.32 Å². The van der Waals surface area contributed by atoms with Crippen molar-refractivity contribution in [2.24, 2.45) is 11.3 Å². The lowest BCUT2D eigenvalue weighted by atomic mass is 9.46. The van der Waals surface area contributed by atoms with Crippen LogP contribution >= 0.6 is 0 Å². The van der Waals surface area contributed by atoms with E-state index in [9.17, 15) is 0 Å². The van der Waals surface area contributed by atoms with Gasteiger partial charge in [0.15, 0.2) is 0 Å². The number of rotatable bonds is 6. The minimum absolute atomic E-state index is 0.351. The second kappa shape index (κ2) is 5.56. The van der Waals surface area contributed by atoms with Gasteiger partial charge in [-0.05, 0) is 38.6 Å². The molecule has 114 valence electrons. The van der Waals surface area contributed by atoms with Crippen LogP contribution in [0.25, 0.3) is 0 Å². The quantitative estimate of drug-likeness (QED) is 0.753. The van der Waals surface area contributed by atoms with Gasteiger partial charge in [-0.15, -0.1) is 0 Å². The van der Waals surface area contributed by atoms with E-state index in [1.807, 2.05) is 0 Å². The lowest BCUT2D eigenvalue weighted by Gasteiger charge is -2.63. The summed E-state index contributed by atoms with van der Waals surface area (Å²) in [6, 6.07) is 0.721. The van der Waals surface area contributed by atoms with E-state index in [-0.39, 0.29) is 0 Å². The van der Waals surface area contributed by atoms with Crippen LogP contribution in [0.15, 0.2) is 0 Å². The molecule has 0 aromatic carbocycles. The van der Waals surface area contributed by atoms with Gasteiger partial charge in [0, 0.05) is 37.2 Å². The lowest BCUT2D eigenvalue weighted by Crippen LogP contribution is -2.71. The van der Waals surface area contributed by atoms with Crippen LogP contribution in [0.5, 0.6) is 0 Å². The van der Waals surface area contributed by atoms with Crippen LogP contribution in [-0.4, -0.2) is 51.2 Å². The van der Waals surface area contributed by atoms with Gasteiger partial charge in [0.2, 0.25) is 0 Å². The van der Waals surface area contributed by atoms with E-state index < -0.39 is 0 Å². The monoisotopic (exact) mass is 281 g/mol. The predicted octanol–water partition coefficient (Wildman–Crippen LogP) is 1.73. The molecule has 4 heteroatoms. The molecule has 0 amide bonds. The summed E-state index contributed by atoms with van der Waals surface area (Å²) in [5.41, 5.74) is 0.515. The van der Waals surface area contributed by atoms with Gasteiger partial charge in [-0.1, -0.05) is 6.42 Å². The van der Waals surface area contributed by atoms with Crippen molar-refractivity contribution in [2.45, 2.75) is 56.8 Å². The molecule has 1 N–H and O–H groups in total. The SMILES string of the molecule is C(CNC1[C@H]2CCO[C@H]2C12CCC2)COC1CCOC1. The minimum atomic E-state index is 0.351.